The molecule has 0 aromatic heterocycles. The molecule has 2 aromatic rings. The summed E-state index contributed by atoms with van der Waals surface area (Å²) in [6.07, 6.45) is 0.909. The molecule has 0 amide bonds. The average Bonchev–Trinajstić information content (AvgIpc) is 2.93. The second kappa shape index (κ2) is 6.03. The van der Waals surface area contributed by atoms with Crippen LogP contribution in [0.4, 0.5) is 4.39 Å². The number of halogens is 2. The van der Waals surface area contributed by atoms with Crippen molar-refractivity contribution in [2.24, 2.45) is 5.73 Å². The second-order valence-electron chi connectivity index (χ2n) is 4.90. The molecule has 3 rings (SSSR count). The molecular formula is C16H15BrFNO2. The standard InChI is InChI=1S/C16H15BrFNO2/c17-13-5-10-3-4-20-16(10)12(6-13)9-21-15-2-1-14(18)7-11(15)8-19/h1-2,5-7H,3-4,8-9,19H2. The second-order valence-corrected chi connectivity index (χ2v) is 5.81. The maximum absolute atomic E-state index is 13.2. The van der Waals surface area contributed by atoms with Crippen LogP contribution in [-0.2, 0) is 19.6 Å². The maximum atomic E-state index is 13.2. The Kier molecular flexibility index (Phi) is 4.12. The molecule has 0 aliphatic carbocycles. The predicted octanol–water partition coefficient (Wildman–Crippen LogP) is 3.56. The minimum absolute atomic E-state index is 0.236. The van der Waals surface area contributed by atoms with E-state index in [2.05, 4.69) is 22.0 Å². The lowest BCUT2D eigenvalue weighted by molar-refractivity contribution is 0.289. The first-order valence-corrected chi connectivity index (χ1v) is 7.52. The van der Waals surface area contributed by atoms with Gasteiger partial charge < -0.3 is 15.2 Å². The van der Waals surface area contributed by atoms with Crippen molar-refractivity contribution in [2.75, 3.05) is 6.61 Å². The van der Waals surface area contributed by atoms with E-state index in [9.17, 15) is 4.39 Å². The van der Waals surface area contributed by atoms with Crippen LogP contribution in [0.3, 0.4) is 0 Å². The van der Waals surface area contributed by atoms with E-state index in [1.165, 1.54) is 17.7 Å². The zero-order chi connectivity index (χ0) is 14.8. The Labute approximate surface area is 131 Å². The van der Waals surface area contributed by atoms with Gasteiger partial charge in [0.25, 0.3) is 0 Å². The van der Waals surface area contributed by atoms with Gasteiger partial charge >= 0.3 is 0 Å². The fourth-order valence-electron chi connectivity index (χ4n) is 2.46. The Morgan fingerprint density at radius 2 is 2.10 bits per heavy atom. The summed E-state index contributed by atoms with van der Waals surface area (Å²) in [5.41, 5.74) is 8.44. The van der Waals surface area contributed by atoms with Crippen LogP contribution >= 0.6 is 15.9 Å². The van der Waals surface area contributed by atoms with E-state index < -0.39 is 0 Å². The van der Waals surface area contributed by atoms with Crippen LogP contribution in [0.1, 0.15) is 16.7 Å². The molecule has 0 bridgehead atoms. The third-order valence-corrected chi connectivity index (χ3v) is 3.91. The Morgan fingerprint density at radius 3 is 2.90 bits per heavy atom. The van der Waals surface area contributed by atoms with Gasteiger partial charge in [-0.1, -0.05) is 15.9 Å². The van der Waals surface area contributed by atoms with Crippen molar-refractivity contribution in [2.45, 2.75) is 19.6 Å². The van der Waals surface area contributed by atoms with E-state index in [1.54, 1.807) is 6.07 Å². The highest BCUT2D eigenvalue weighted by atomic mass is 79.9. The van der Waals surface area contributed by atoms with E-state index in [-0.39, 0.29) is 12.4 Å². The van der Waals surface area contributed by atoms with E-state index in [0.29, 0.717) is 24.5 Å². The largest absolute Gasteiger partial charge is 0.493 e. The van der Waals surface area contributed by atoms with Gasteiger partial charge in [0.1, 0.15) is 23.9 Å². The molecule has 5 heteroatoms. The number of nitrogens with two attached hydrogens (primary N) is 1. The van der Waals surface area contributed by atoms with Gasteiger partial charge in [-0.2, -0.15) is 0 Å². The van der Waals surface area contributed by atoms with Gasteiger partial charge in [0.05, 0.1) is 6.61 Å². The quantitative estimate of drug-likeness (QED) is 0.915. The molecule has 2 N–H and O–H groups in total. The third-order valence-electron chi connectivity index (χ3n) is 3.45. The van der Waals surface area contributed by atoms with Crippen LogP contribution in [0.5, 0.6) is 11.5 Å². The molecule has 3 nitrogen and oxygen atoms in total. The van der Waals surface area contributed by atoms with E-state index in [1.807, 2.05) is 6.07 Å². The molecule has 21 heavy (non-hydrogen) atoms. The van der Waals surface area contributed by atoms with Crippen LogP contribution in [-0.4, -0.2) is 6.61 Å². The highest BCUT2D eigenvalue weighted by molar-refractivity contribution is 9.10. The van der Waals surface area contributed by atoms with Crippen LogP contribution in [0, 0.1) is 5.82 Å². The van der Waals surface area contributed by atoms with Crippen LogP contribution in [0.25, 0.3) is 0 Å². The summed E-state index contributed by atoms with van der Waals surface area (Å²) in [7, 11) is 0. The minimum atomic E-state index is -0.311. The lowest BCUT2D eigenvalue weighted by Gasteiger charge is -2.13. The van der Waals surface area contributed by atoms with Gasteiger partial charge in [0.15, 0.2) is 0 Å². The van der Waals surface area contributed by atoms with Gasteiger partial charge in [-0.15, -0.1) is 0 Å². The summed E-state index contributed by atoms with van der Waals surface area (Å²) in [5.74, 6) is 1.19. The molecular weight excluding hydrogens is 337 g/mol. The van der Waals surface area contributed by atoms with Gasteiger partial charge in [0, 0.05) is 28.6 Å². The number of benzene rings is 2. The van der Waals surface area contributed by atoms with Gasteiger partial charge in [-0.05, 0) is 35.9 Å². The molecule has 0 spiro atoms. The fraction of sp³-hybridized carbons (Fsp3) is 0.250. The van der Waals surface area contributed by atoms with Crippen LogP contribution in [0.15, 0.2) is 34.8 Å². The van der Waals surface area contributed by atoms with Crippen molar-refractivity contribution in [3.63, 3.8) is 0 Å². The number of hydrogen-bond donors (Lipinski definition) is 1. The first kappa shape index (κ1) is 14.4. The molecule has 0 unspecified atom stereocenters. The molecule has 1 heterocycles. The number of rotatable bonds is 4. The molecule has 1 aliphatic rings. The van der Waals surface area contributed by atoms with Gasteiger partial charge in [-0.25, -0.2) is 4.39 Å². The molecule has 2 aromatic carbocycles. The summed E-state index contributed by atoms with van der Waals surface area (Å²) in [6.45, 7) is 1.30. The van der Waals surface area contributed by atoms with Crippen molar-refractivity contribution in [1.82, 2.24) is 0 Å². The van der Waals surface area contributed by atoms with E-state index in [4.69, 9.17) is 15.2 Å². The summed E-state index contributed by atoms with van der Waals surface area (Å²) in [6, 6.07) is 8.43. The fourth-order valence-corrected chi connectivity index (χ4v) is 3.01. The zero-order valence-electron chi connectivity index (χ0n) is 11.4. The lowest BCUT2D eigenvalue weighted by Crippen LogP contribution is -2.04. The summed E-state index contributed by atoms with van der Waals surface area (Å²) in [5, 5.41) is 0. The predicted molar refractivity (Wildman–Crippen MR) is 82.0 cm³/mol. The normalized spacial score (nSPS) is 12.9. The molecule has 1 aliphatic heterocycles. The van der Waals surface area contributed by atoms with Gasteiger partial charge in [-0.3, -0.25) is 0 Å². The van der Waals surface area contributed by atoms with E-state index in [0.717, 1.165) is 22.2 Å². The Bertz CT molecular complexity index is 676. The Hall–Kier alpha value is -1.59. The zero-order valence-corrected chi connectivity index (χ0v) is 13.0. The Morgan fingerprint density at radius 1 is 1.24 bits per heavy atom. The molecule has 0 saturated heterocycles. The summed E-state index contributed by atoms with van der Waals surface area (Å²) < 4.78 is 25.7. The first-order chi connectivity index (χ1) is 10.2. The van der Waals surface area contributed by atoms with Crippen molar-refractivity contribution >= 4 is 15.9 Å². The smallest absolute Gasteiger partial charge is 0.129 e. The topological polar surface area (TPSA) is 44.5 Å². The van der Waals surface area contributed by atoms with Crippen molar-refractivity contribution < 1.29 is 13.9 Å². The monoisotopic (exact) mass is 351 g/mol. The minimum Gasteiger partial charge on any atom is -0.493 e. The molecule has 0 atom stereocenters. The lowest BCUT2D eigenvalue weighted by atomic mass is 10.1. The van der Waals surface area contributed by atoms with Crippen molar-refractivity contribution in [1.29, 1.82) is 0 Å². The van der Waals surface area contributed by atoms with Crippen LogP contribution < -0.4 is 15.2 Å². The third kappa shape index (κ3) is 3.04. The highest BCUT2D eigenvalue weighted by Crippen LogP contribution is 2.34. The van der Waals surface area contributed by atoms with Crippen molar-refractivity contribution in [3.05, 3.63) is 57.3 Å². The Balaban J connectivity index is 1.83. The number of hydrogen-bond acceptors (Lipinski definition) is 3. The highest BCUT2D eigenvalue weighted by Gasteiger charge is 2.18. The van der Waals surface area contributed by atoms with Crippen LogP contribution in [0.2, 0.25) is 0 Å². The summed E-state index contributed by atoms with van der Waals surface area (Å²) >= 11 is 3.50. The summed E-state index contributed by atoms with van der Waals surface area (Å²) in [4.78, 5) is 0. The molecule has 0 fully saturated rings. The average molecular weight is 352 g/mol. The molecule has 0 radical (unpaired) electrons. The molecule has 0 saturated carbocycles. The van der Waals surface area contributed by atoms with Crippen molar-refractivity contribution in [3.8, 4) is 11.5 Å². The first-order valence-electron chi connectivity index (χ1n) is 6.73. The van der Waals surface area contributed by atoms with E-state index >= 15 is 0 Å². The van der Waals surface area contributed by atoms with Gasteiger partial charge in [0.2, 0.25) is 0 Å². The number of fused-ring (bicyclic) bond motifs is 1. The number of ether oxygens (including phenoxy) is 2. The molecule has 110 valence electrons. The SMILES string of the molecule is NCc1cc(F)ccc1OCc1cc(Br)cc2c1OCC2. The maximum Gasteiger partial charge on any atom is 0.129 e.